The highest BCUT2D eigenvalue weighted by molar-refractivity contribution is 5.85. The molecule has 1 amide bonds. The fourth-order valence-corrected chi connectivity index (χ4v) is 3.13. The van der Waals surface area contributed by atoms with E-state index in [4.69, 9.17) is 0 Å². The van der Waals surface area contributed by atoms with E-state index in [0.29, 0.717) is 5.91 Å². The second-order valence-electron chi connectivity index (χ2n) is 5.94. The summed E-state index contributed by atoms with van der Waals surface area (Å²) in [6.07, 6.45) is 8.65. The maximum Gasteiger partial charge on any atom is 0.228 e. The van der Waals surface area contributed by atoms with Gasteiger partial charge in [0.15, 0.2) is 0 Å². The van der Waals surface area contributed by atoms with Gasteiger partial charge in [0.1, 0.15) is 0 Å². The van der Waals surface area contributed by atoms with E-state index >= 15 is 0 Å². The third-order valence-corrected chi connectivity index (χ3v) is 4.29. The zero-order valence-corrected chi connectivity index (χ0v) is 13.8. The van der Waals surface area contributed by atoms with Crippen LogP contribution in [0.3, 0.4) is 0 Å². The third kappa shape index (κ3) is 4.68. The molecule has 0 atom stereocenters. The lowest BCUT2D eigenvalue weighted by Gasteiger charge is -2.38. The van der Waals surface area contributed by atoms with Crippen LogP contribution in [-0.2, 0) is 11.2 Å². The number of pyridine rings is 1. The predicted molar refractivity (Wildman–Crippen MR) is 87.7 cm³/mol. The number of hydrogen-bond acceptors (Lipinski definition) is 3. The van der Waals surface area contributed by atoms with Crippen LogP contribution >= 0.6 is 12.4 Å². The van der Waals surface area contributed by atoms with E-state index in [1.54, 1.807) is 4.90 Å². The topological polar surface area (TPSA) is 45.2 Å². The Morgan fingerprint density at radius 1 is 1.29 bits per heavy atom. The summed E-state index contributed by atoms with van der Waals surface area (Å²) in [6, 6.07) is 4.12. The molecule has 1 aliphatic heterocycles. The molecule has 2 heterocycles. The number of hydrogen-bond donors (Lipinski definition) is 1. The molecule has 0 unspecified atom stereocenters. The highest BCUT2D eigenvalue weighted by Crippen LogP contribution is 2.36. The lowest BCUT2D eigenvalue weighted by molar-refractivity contribution is -0.141. The summed E-state index contributed by atoms with van der Waals surface area (Å²) in [5.74, 6) is 0.300. The minimum Gasteiger partial charge on any atom is -0.348 e. The van der Waals surface area contributed by atoms with E-state index in [1.807, 2.05) is 26.5 Å². The van der Waals surface area contributed by atoms with Crippen LogP contribution in [0.5, 0.6) is 0 Å². The lowest BCUT2D eigenvalue weighted by atomic mass is 9.73. The minimum atomic E-state index is -0.151. The first kappa shape index (κ1) is 17.9. The largest absolute Gasteiger partial charge is 0.348 e. The quantitative estimate of drug-likeness (QED) is 0.907. The average Bonchev–Trinajstić information content (AvgIpc) is 2.48. The highest BCUT2D eigenvalue weighted by atomic mass is 35.5. The van der Waals surface area contributed by atoms with Gasteiger partial charge in [0, 0.05) is 26.5 Å². The number of halogens is 1. The molecule has 0 radical (unpaired) electrons. The Morgan fingerprint density at radius 3 is 2.48 bits per heavy atom. The second kappa shape index (κ2) is 8.35. The highest BCUT2D eigenvalue weighted by Gasteiger charge is 2.39. The number of amides is 1. The lowest BCUT2D eigenvalue weighted by Crippen LogP contribution is -2.47. The van der Waals surface area contributed by atoms with Gasteiger partial charge in [-0.15, -0.1) is 12.4 Å². The summed E-state index contributed by atoms with van der Waals surface area (Å²) in [5, 5.41) is 3.36. The molecule has 4 nitrogen and oxygen atoms in total. The van der Waals surface area contributed by atoms with Gasteiger partial charge in [0.2, 0.25) is 5.91 Å². The molecule has 0 saturated carbocycles. The molecule has 5 heteroatoms. The van der Waals surface area contributed by atoms with E-state index in [2.05, 4.69) is 22.4 Å². The van der Waals surface area contributed by atoms with Crippen molar-refractivity contribution in [3.63, 3.8) is 0 Å². The van der Waals surface area contributed by atoms with Gasteiger partial charge < -0.3 is 10.2 Å². The molecule has 118 valence electrons. The summed E-state index contributed by atoms with van der Waals surface area (Å²) < 4.78 is 0. The number of aryl methyl sites for hydroxylation is 1. The van der Waals surface area contributed by atoms with E-state index in [0.717, 1.165) is 45.2 Å². The van der Waals surface area contributed by atoms with Crippen molar-refractivity contribution in [3.8, 4) is 0 Å². The molecule has 1 aromatic heterocycles. The van der Waals surface area contributed by atoms with Gasteiger partial charge in [-0.1, -0.05) is 0 Å². The fourth-order valence-electron chi connectivity index (χ4n) is 3.13. The van der Waals surface area contributed by atoms with Gasteiger partial charge in [-0.05, 0) is 62.9 Å². The Kier molecular flexibility index (Phi) is 7.12. The van der Waals surface area contributed by atoms with Crippen LogP contribution in [0.2, 0.25) is 0 Å². The molecular formula is C16H26ClN3O. The van der Waals surface area contributed by atoms with Crippen LogP contribution in [-0.4, -0.2) is 43.0 Å². The normalized spacial score (nSPS) is 16.9. The van der Waals surface area contributed by atoms with Crippen LogP contribution in [0.4, 0.5) is 0 Å². The number of nitrogens with one attached hydrogen (secondary N) is 1. The van der Waals surface area contributed by atoms with Crippen LogP contribution in [0, 0.1) is 5.41 Å². The summed E-state index contributed by atoms with van der Waals surface area (Å²) in [4.78, 5) is 18.4. The molecule has 1 fully saturated rings. The van der Waals surface area contributed by atoms with Gasteiger partial charge in [0.05, 0.1) is 5.41 Å². The van der Waals surface area contributed by atoms with Gasteiger partial charge in [-0.25, -0.2) is 0 Å². The Labute approximate surface area is 133 Å². The maximum absolute atomic E-state index is 12.6. The Morgan fingerprint density at radius 2 is 1.90 bits per heavy atom. The minimum absolute atomic E-state index is 0. The molecule has 1 aromatic rings. The molecule has 0 aromatic carbocycles. The summed E-state index contributed by atoms with van der Waals surface area (Å²) in [5.41, 5.74) is 1.16. The Hall–Kier alpha value is -1.13. The van der Waals surface area contributed by atoms with Crippen molar-refractivity contribution in [1.29, 1.82) is 0 Å². The van der Waals surface area contributed by atoms with Gasteiger partial charge >= 0.3 is 0 Å². The first-order valence-electron chi connectivity index (χ1n) is 7.45. The average molecular weight is 312 g/mol. The number of nitrogens with zero attached hydrogens (tertiary/aromatic N) is 2. The van der Waals surface area contributed by atoms with Gasteiger partial charge in [-0.3, -0.25) is 9.78 Å². The second-order valence-corrected chi connectivity index (χ2v) is 5.94. The molecule has 0 bridgehead atoms. The Balaban J connectivity index is 0.00000220. The molecule has 2 rings (SSSR count). The maximum atomic E-state index is 12.6. The van der Waals surface area contributed by atoms with Crippen molar-refractivity contribution in [3.05, 3.63) is 30.1 Å². The number of rotatable bonds is 5. The zero-order valence-electron chi connectivity index (χ0n) is 13.0. The number of piperidine rings is 1. The summed E-state index contributed by atoms with van der Waals surface area (Å²) >= 11 is 0. The molecule has 21 heavy (non-hydrogen) atoms. The fraction of sp³-hybridized carbons (Fsp3) is 0.625. The monoisotopic (exact) mass is 311 g/mol. The number of carbonyl (C=O) groups excluding carboxylic acids is 1. The van der Waals surface area contributed by atoms with Crippen LogP contribution in [0.25, 0.3) is 0 Å². The first-order valence-corrected chi connectivity index (χ1v) is 7.45. The van der Waals surface area contributed by atoms with Crippen molar-refractivity contribution < 1.29 is 4.79 Å². The van der Waals surface area contributed by atoms with E-state index in [1.165, 1.54) is 5.56 Å². The van der Waals surface area contributed by atoms with Gasteiger partial charge in [-0.2, -0.15) is 0 Å². The summed E-state index contributed by atoms with van der Waals surface area (Å²) in [7, 11) is 3.74. The van der Waals surface area contributed by atoms with Crippen molar-refractivity contribution in [2.45, 2.75) is 32.1 Å². The molecule has 1 N–H and O–H groups in total. The summed E-state index contributed by atoms with van der Waals surface area (Å²) in [6.45, 7) is 1.91. The van der Waals surface area contributed by atoms with Crippen molar-refractivity contribution in [1.82, 2.24) is 15.2 Å². The van der Waals surface area contributed by atoms with Crippen LogP contribution in [0.15, 0.2) is 24.5 Å². The SMILES string of the molecule is CN(C)C(=O)C1(CCCc2ccncc2)CCNCC1.Cl. The molecule has 0 spiro atoms. The molecule has 0 aliphatic carbocycles. The van der Waals surface area contributed by atoms with Crippen molar-refractivity contribution >= 4 is 18.3 Å². The number of aromatic nitrogens is 1. The Bertz CT molecular complexity index is 430. The van der Waals surface area contributed by atoms with Crippen LogP contribution < -0.4 is 5.32 Å². The van der Waals surface area contributed by atoms with Crippen molar-refractivity contribution in [2.24, 2.45) is 5.41 Å². The molecule has 1 aliphatic rings. The zero-order chi connectivity index (χ0) is 14.4. The van der Waals surface area contributed by atoms with E-state index in [9.17, 15) is 4.79 Å². The third-order valence-electron chi connectivity index (χ3n) is 4.29. The number of carbonyl (C=O) groups is 1. The van der Waals surface area contributed by atoms with Gasteiger partial charge in [0.25, 0.3) is 0 Å². The van der Waals surface area contributed by atoms with E-state index < -0.39 is 0 Å². The predicted octanol–water partition coefficient (Wildman–Crippen LogP) is 2.28. The van der Waals surface area contributed by atoms with Crippen molar-refractivity contribution in [2.75, 3.05) is 27.2 Å². The molecular weight excluding hydrogens is 286 g/mol. The molecule has 1 saturated heterocycles. The first-order chi connectivity index (χ1) is 9.64. The standard InChI is InChI=1S/C16H25N3O.ClH/c1-19(2)15(20)16(8-12-18-13-9-16)7-3-4-14-5-10-17-11-6-14;/h5-6,10-11,18H,3-4,7-9,12-13H2,1-2H3;1H. The van der Waals surface area contributed by atoms with Crippen LogP contribution in [0.1, 0.15) is 31.2 Å². The van der Waals surface area contributed by atoms with E-state index in [-0.39, 0.29) is 17.8 Å². The smallest absolute Gasteiger partial charge is 0.228 e.